The molecule has 2 aromatic rings. The fraction of sp³-hybridized carbons (Fsp3) is 0.600. The molecule has 31 heavy (non-hydrogen) atoms. The topological polar surface area (TPSA) is 94.0 Å². The molecule has 2 aromatic heterocycles. The lowest BCUT2D eigenvalue weighted by molar-refractivity contribution is -0.137. The van der Waals surface area contributed by atoms with Crippen LogP contribution in [0.15, 0.2) is 23.3 Å². The van der Waals surface area contributed by atoms with Gasteiger partial charge >= 0.3 is 6.18 Å². The van der Waals surface area contributed by atoms with E-state index in [1.54, 1.807) is 0 Å². The van der Waals surface area contributed by atoms with Crippen molar-refractivity contribution in [2.24, 2.45) is 0 Å². The maximum absolute atomic E-state index is 13.3. The smallest absolute Gasteiger partial charge is 0.375 e. The average Bonchev–Trinajstić information content (AvgIpc) is 3.37. The van der Waals surface area contributed by atoms with Gasteiger partial charge in [-0.05, 0) is 46.5 Å². The van der Waals surface area contributed by atoms with Crippen LogP contribution in [0, 0.1) is 0 Å². The highest BCUT2D eigenvalue weighted by Gasteiger charge is 2.42. The van der Waals surface area contributed by atoms with Gasteiger partial charge in [0.15, 0.2) is 0 Å². The number of hydrogen-bond donors (Lipinski definition) is 2. The summed E-state index contributed by atoms with van der Waals surface area (Å²) in [5, 5.41) is 9.90. The Bertz CT molecular complexity index is 1010. The van der Waals surface area contributed by atoms with E-state index < -0.39 is 17.3 Å². The van der Waals surface area contributed by atoms with Crippen LogP contribution in [0.4, 0.5) is 30.6 Å². The summed E-state index contributed by atoms with van der Waals surface area (Å²) >= 11 is 0. The monoisotopic (exact) mass is 438 g/mol. The molecule has 0 amide bonds. The van der Waals surface area contributed by atoms with Gasteiger partial charge in [0.05, 0.1) is 30.1 Å². The molecule has 3 heterocycles. The van der Waals surface area contributed by atoms with E-state index in [4.69, 9.17) is 4.74 Å². The Labute approximate surface area is 177 Å². The fourth-order valence-corrected chi connectivity index (χ4v) is 3.80. The summed E-state index contributed by atoms with van der Waals surface area (Å²) in [6, 6.07) is 1.27. The molecule has 168 valence electrons. The number of halogens is 3. The molecule has 0 spiro atoms. The summed E-state index contributed by atoms with van der Waals surface area (Å²) in [5.41, 5.74) is -1.33. The lowest BCUT2D eigenvalue weighted by Crippen LogP contribution is -2.36. The summed E-state index contributed by atoms with van der Waals surface area (Å²) in [7, 11) is 0. The van der Waals surface area contributed by atoms with Gasteiger partial charge in [0, 0.05) is 17.8 Å². The van der Waals surface area contributed by atoms with E-state index >= 15 is 0 Å². The van der Waals surface area contributed by atoms with Crippen LogP contribution in [0.3, 0.4) is 0 Å². The second-order valence-electron chi connectivity index (χ2n) is 8.67. The van der Waals surface area contributed by atoms with Crippen LogP contribution in [0.5, 0.6) is 0 Å². The first-order valence-corrected chi connectivity index (χ1v) is 10.3. The van der Waals surface area contributed by atoms with E-state index in [9.17, 15) is 18.0 Å². The Hall–Kier alpha value is -2.69. The summed E-state index contributed by atoms with van der Waals surface area (Å²) in [5.74, 6) is -0.330. The van der Waals surface area contributed by atoms with Gasteiger partial charge in [-0.2, -0.15) is 23.3 Å². The molecule has 1 saturated carbocycles. The third-order valence-corrected chi connectivity index (χ3v) is 5.61. The van der Waals surface area contributed by atoms with Gasteiger partial charge in [-0.15, -0.1) is 0 Å². The van der Waals surface area contributed by atoms with Crippen LogP contribution in [-0.4, -0.2) is 37.5 Å². The molecule has 3 atom stereocenters. The SMILES string of the molecule is C[C@@H]1CC(n2ncc(Nc3ncc(C(F)(F)F)c(NC4(C)CC4)n3)cc2=O)C[C@H](C)O1. The summed E-state index contributed by atoms with van der Waals surface area (Å²) < 4.78 is 47.1. The molecular weight excluding hydrogens is 413 g/mol. The predicted molar refractivity (Wildman–Crippen MR) is 108 cm³/mol. The maximum Gasteiger partial charge on any atom is 0.421 e. The fourth-order valence-electron chi connectivity index (χ4n) is 3.80. The highest BCUT2D eigenvalue weighted by molar-refractivity contribution is 5.56. The minimum absolute atomic E-state index is 0.0278. The summed E-state index contributed by atoms with van der Waals surface area (Å²) in [6.45, 7) is 5.75. The Morgan fingerprint density at radius 3 is 2.45 bits per heavy atom. The molecule has 1 aliphatic carbocycles. The molecule has 11 heteroatoms. The molecule has 0 radical (unpaired) electrons. The minimum Gasteiger partial charge on any atom is -0.375 e. The van der Waals surface area contributed by atoms with Gasteiger partial charge in [0.1, 0.15) is 11.4 Å². The zero-order valence-electron chi connectivity index (χ0n) is 17.5. The molecule has 2 N–H and O–H groups in total. The van der Waals surface area contributed by atoms with Crippen LogP contribution in [-0.2, 0) is 10.9 Å². The lowest BCUT2D eigenvalue weighted by atomic mass is 10.00. The van der Waals surface area contributed by atoms with Gasteiger partial charge in [-0.25, -0.2) is 9.67 Å². The van der Waals surface area contributed by atoms with Crippen molar-refractivity contribution in [1.29, 1.82) is 0 Å². The first-order chi connectivity index (χ1) is 14.5. The number of hydrogen-bond acceptors (Lipinski definition) is 7. The Balaban J connectivity index is 1.55. The van der Waals surface area contributed by atoms with Crippen molar-refractivity contribution in [1.82, 2.24) is 19.7 Å². The Kier molecular flexibility index (Phi) is 5.40. The van der Waals surface area contributed by atoms with Crippen LogP contribution >= 0.6 is 0 Å². The Morgan fingerprint density at radius 2 is 1.87 bits per heavy atom. The molecule has 4 rings (SSSR count). The van der Waals surface area contributed by atoms with E-state index in [2.05, 4.69) is 25.7 Å². The molecule has 8 nitrogen and oxygen atoms in total. The first-order valence-electron chi connectivity index (χ1n) is 10.3. The third-order valence-electron chi connectivity index (χ3n) is 5.61. The van der Waals surface area contributed by atoms with Crippen molar-refractivity contribution in [3.8, 4) is 0 Å². The van der Waals surface area contributed by atoms with Gasteiger partial charge in [-0.1, -0.05) is 0 Å². The number of alkyl halides is 3. The molecule has 1 aliphatic heterocycles. The average molecular weight is 438 g/mol. The molecule has 1 saturated heterocycles. The zero-order valence-corrected chi connectivity index (χ0v) is 17.5. The second-order valence-corrected chi connectivity index (χ2v) is 8.67. The van der Waals surface area contributed by atoms with E-state index in [0.29, 0.717) is 18.5 Å². The van der Waals surface area contributed by atoms with E-state index in [1.807, 2.05) is 20.8 Å². The largest absolute Gasteiger partial charge is 0.421 e. The molecule has 1 unspecified atom stereocenters. The first kappa shape index (κ1) is 21.5. The molecule has 2 aliphatic rings. The van der Waals surface area contributed by atoms with E-state index in [1.165, 1.54) is 16.9 Å². The van der Waals surface area contributed by atoms with Gasteiger partial charge in [0.25, 0.3) is 5.56 Å². The highest BCUT2D eigenvalue weighted by atomic mass is 19.4. The van der Waals surface area contributed by atoms with Crippen molar-refractivity contribution < 1.29 is 17.9 Å². The summed E-state index contributed by atoms with van der Waals surface area (Å²) in [6.07, 6.45) is 0.558. The number of ether oxygens (including phenoxy) is 1. The van der Waals surface area contributed by atoms with Crippen LogP contribution in [0.25, 0.3) is 0 Å². The zero-order chi connectivity index (χ0) is 22.4. The van der Waals surface area contributed by atoms with Gasteiger partial charge in [0.2, 0.25) is 5.95 Å². The van der Waals surface area contributed by atoms with Crippen LogP contribution in [0.2, 0.25) is 0 Å². The maximum atomic E-state index is 13.3. The number of nitrogens with zero attached hydrogens (tertiary/aromatic N) is 4. The standard InChI is InChI=1S/C20H25F3N6O2/c1-11-6-14(7-12(2)31-11)29-16(30)8-13(9-25-29)26-18-24-10-15(20(21,22)23)17(27-18)28-19(3)4-5-19/h8-12,14H,4-7H2,1-3H3,(H2,24,26,27,28)/t11-,12+,14?. The van der Waals surface area contributed by atoms with E-state index in [-0.39, 0.29) is 35.6 Å². The van der Waals surface area contributed by atoms with Crippen molar-refractivity contribution >= 4 is 17.5 Å². The number of nitrogens with one attached hydrogen (secondary N) is 2. The summed E-state index contributed by atoms with van der Waals surface area (Å²) in [4.78, 5) is 20.4. The number of anilines is 3. The van der Waals surface area contributed by atoms with Gasteiger partial charge < -0.3 is 15.4 Å². The third kappa shape index (κ3) is 4.97. The van der Waals surface area contributed by atoms with Crippen molar-refractivity contribution in [3.05, 3.63) is 34.4 Å². The minimum atomic E-state index is -4.58. The lowest BCUT2D eigenvalue weighted by Gasteiger charge is -2.32. The molecule has 0 bridgehead atoms. The van der Waals surface area contributed by atoms with Crippen molar-refractivity contribution in [2.45, 2.75) is 76.4 Å². The molecular formula is C20H25F3N6O2. The number of aromatic nitrogens is 4. The predicted octanol–water partition coefficient (Wildman–Crippen LogP) is 3.89. The molecule has 0 aromatic carbocycles. The van der Waals surface area contributed by atoms with Crippen molar-refractivity contribution in [3.63, 3.8) is 0 Å². The van der Waals surface area contributed by atoms with Gasteiger partial charge in [-0.3, -0.25) is 4.79 Å². The number of rotatable bonds is 5. The second kappa shape index (κ2) is 7.77. The van der Waals surface area contributed by atoms with E-state index in [0.717, 1.165) is 19.0 Å². The van der Waals surface area contributed by atoms with Crippen LogP contribution < -0.4 is 16.2 Å². The quantitative estimate of drug-likeness (QED) is 0.731. The Morgan fingerprint density at radius 1 is 1.19 bits per heavy atom. The van der Waals surface area contributed by atoms with Crippen LogP contribution in [0.1, 0.15) is 58.1 Å². The molecule has 2 fully saturated rings. The van der Waals surface area contributed by atoms with Crippen molar-refractivity contribution in [2.75, 3.05) is 10.6 Å². The normalized spacial score (nSPS) is 25.2. The highest BCUT2D eigenvalue weighted by Crippen LogP contribution is 2.41.